The van der Waals surface area contributed by atoms with Gasteiger partial charge in [0.15, 0.2) is 5.82 Å². The van der Waals surface area contributed by atoms with Crippen molar-refractivity contribution in [1.82, 2.24) is 19.7 Å². The maximum atomic E-state index is 12.4. The van der Waals surface area contributed by atoms with Crippen LogP contribution in [-0.4, -0.2) is 57.5 Å². The molecule has 0 spiro atoms. The average molecular weight is 296 g/mol. The van der Waals surface area contributed by atoms with Gasteiger partial charge in [-0.1, -0.05) is 0 Å². The fourth-order valence-corrected chi connectivity index (χ4v) is 2.72. The van der Waals surface area contributed by atoms with Gasteiger partial charge < -0.3 is 14.4 Å². The van der Waals surface area contributed by atoms with E-state index < -0.39 is 6.10 Å². The van der Waals surface area contributed by atoms with E-state index in [1.54, 1.807) is 16.4 Å². The lowest BCUT2D eigenvalue weighted by Crippen LogP contribution is -2.45. The van der Waals surface area contributed by atoms with Crippen molar-refractivity contribution in [3.8, 4) is 0 Å². The number of hydrogen-bond donors (Lipinski definition) is 1. The minimum absolute atomic E-state index is 0.0744. The Morgan fingerprint density at radius 2 is 2.43 bits per heavy atom. The second-order valence-corrected chi connectivity index (χ2v) is 5.47. The van der Waals surface area contributed by atoms with E-state index in [2.05, 4.69) is 10.2 Å². The smallest absolute Gasteiger partial charge is 0.343 e. The van der Waals surface area contributed by atoms with Gasteiger partial charge in [-0.05, 0) is 19.8 Å². The number of nitrogens with zero attached hydrogens (tertiary/aromatic N) is 3. The Bertz CT molecular complexity index is 561. The van der Waals surface area contributed by atoms with Gasteiger partial charge in [-0.15, -0.1) is 0 Å². The van der Waals surface area contributed by atoms with Crippen molar-refractivity contribution in [3.05, 3.63) is 16.3 Å². The molecule has 2 aliphatic heterocycles. The molecule has 0 radical (unpaired) electrons. The topological polar surface area (TPSA) is 89.4 Å². The number of aromatic nitrogens is 3. The molecular weight excluding hydrogens is 276 g/mol. The summed E-state index contributed by atoms with van der Waals surface area (Å²) in [5.41, 5.74) is -0.222. The highest BCUT2D eigenvalue weighted by Gasteiger charge is 2.28. The summed E-state index contributed by atoms with van der Waals surface area (Å²) in [6, 6.07) is 0. The van der Waals surface area contributed by atoms with Crippen molar-refractivity contribution in [2.75, 3.05) is 19.8 Å². The van der Waals surface area contributed by atoms with Crippen LogP contribution in [0.2, 0.25) is 0 Å². The zero-order chi connectivity index (χ0) is 14.8. The van der Waals surface area contributed by atoms with Gasteiger partial charge >= 0.3 is 5.69 Å². The van der Waals surface area contributed by atoms with E-state index in [4.69, 9.17) is 9.47 Å². The normalized spacial score (nSPS) is 23.1. The van der Waals surface area contributed by atoms with Crippen LogP contribution in [0.5, 0.6) is 0 Å². The first-order valence-corrected chi connectivity index (χ1v) is 7.31. The summed E-state index contributed by atoms with van der Waals surface area (Å²) in [5.74, 6) is 0.514. The largest absolute Gasteiger partial charge is 0.376 e. The zero-order valence-corrected chi connectivity index (χ0v) is 12.1. The molecule has 0 aromatic carbocycles. The highest BCUT2D eigenvalue weighted by atomic mass is 16.5. The molecule has 1 amide bonds. The Labute approximate surface area is 122 Å². The van der Waals surface area contributed by atoms with Crippen LogP contribution < -0.4 is 5.69 Å². The average Bonchev–Trinajstić information content (AvgIpc) is 3.14. The van der Waals surface area contributed by atoms with E-state index in [9.17, 15) is 9.59 Å². The van der Waals surface area contributed by atoms with Crippen molar-refractivity contribution in [3.63, 3.8) is 0 Å². The summed E-state index contributed by atoms with van der Waals surface area (Å²) in [5, 5.41) is 6.33. The molecule has 0 aliphatic carbocycles. The molecule has 1 fully saturated rings. The van der Waals surface area contributed by atoms with Crippen molar-refractivity contribution < 1.29 is 14.3 Å². The Kier molecular flexibility index (Phi) is 4.07. The molecular formula is C13H20N4O4. The highest BCUT2D eigenvalue weighted by molar-refractivity contribution is 5.80. The van der Waals surface area contributed by atoms with Crippen LogP contribution in [0.25, 0.3) is 0 Å². The van der Waals surface area contributed by atoms with Crippen molar-refractivity contribution in [1.29, 1.82) is 0 Å². The predicted molar refractivity (Wildman–Crippen MR) is 72.7 cm³/mol. The minimum atomic E-state index is -0.508. The lowest BCUT2D eigenvalue weighted by Gasteiger charge is -2.29. The van der Waals surface area contributed by atoms with Gasteiger partial charge in [-0.3, -0.25) is 9.36 Å². The van der Waals surface area contributed by atoms with Gasteiger partial charge in [0.1, 0.15) is 6.10 Å². The fraction of sp³-hybridized carbons (Fsp3) is 0.769. The van der Waals surface area contributed by atoms with E-state index in [1.165, 1.54) is 0 Å². The van der Waals surface area contributed by atoms with E-state index in [0.717, 1.165) is 19.4 Å². The Morgan fingerprint density at radius 1 is 1.57 bits per heavy atom. The second-order valence-electron chi connectivity index (χ2n) is 5.47. The molecule has 1 saturated heterocycles. The lowest BCUT2D eigenvalue weighted by atomic mass is 10.2. The van der Waals surface area contributed by atoms with Crippen LogP contribution in [-0.2, 0) is 27.4 Å². The van der Waals surface area contributed by atoms with Gasteiger partial charge in [0.05, 0.1) is 19.3 Å². The number of rotatable bonds is 4. The molecule has 1 aromatic rings. The molecule has 3 rings (SSSR count). The van der Waals surface area contributed by atoms with Gasteiger partial charge in [0, 0.05) is 19.7 Å². The summed E-state index contributed by atoms with van der Waals surface area (Å²) in [7, 11) is 0. The zero-order valence-electron chi connectivity index (χ0n) is 12.1. The summed E-state index contributed by atoms with van der Waals surface area (Å²) in [6.07, 6.45) is 1.65. The third-order valence-corrected chi connectivity index (χ3v) is 3.98. The highest BCUT2D eigenvalue weighted by Crippen LogP contribution is 2.14. The molecule has 1 aromatic heterocycles. The van der Waals surface area contributed by atoms with Crippen LogP contribution in [0.15, 0.2) is 4.79 Å². The SMILES string of the molecule is CC(OCC1CCCO1)C(=O)N1CCn2c(n[nH]c2=O)C1. The summed E-state index contributed by atoms with van der Waals surface area (Å²) < 4.78 is 12.7. The molecule has 0 saturated carbocycles. The van der Waals surface area contributed by atoms with Gasteiger partial charge in [0.2, 0.25) is 0 Å². The maximum Gasteiger partial charge on any atom is 0.343 e. The number of aromatic amines is 1. The number of amides is 1. The van der Waals surface area contributed by atoms with E-state index in [0.29, 0.717) is 32.1 Å². The third-order valence-electron chi connectivity index (χ3n) is 3.98. The second kappa shape index (κ2) is 5.98. The quantitative estimate of drug-likeness (QED) is 0.809. The van der Waals surface area contributed by atoms with Gasteiger partial charge in [0.25, 0.3) is 5.91 Å². The van der Waals surface area contributed by atoms with Crippen LogP contribution >= 0.6 is 0 Å². The Balaban J connectivity index is 1.54. The number of carbonyl (C=O) groups is 1. The molecule has 0 bridgehead atoms. The van der Waals surface area contributed by atoms with E-state index in [-0.39, 0.29) is 17.7 Å². The van der Waals surface area contributed by atoms with Crippen molar-refractivity contribution in [2.45, 2.75) is 45.1 Å². The molecule has 116 valence electrons. The summed E-state index contributed by atoms with van der Waals surface area (Å²) in [6.45, 7) is 4.29. The molecule has 2 unspecified atom stereocenters. The maximum absolute atomic E-state index is 12.4. The predicted octanol–water partition coefficient (Wildman–Crippen LogP) is -0.502. The van der Waals surface area contributed by atoms with E-state index >= 15 is 0 Å². The molecule has 2 atom stereocenters. The molecule has 1 N–H and O–H groups in total. The van der Waals surface area contributed by atoms with Crippen LogP contribution in [0.1, 0.15) is 25.6 Å². The van der Waals surface area contributed by atoms with Crippen LogP contribution in [0.3, 0.4) is 0 Å². The fourth-order valence-electron chi connectivity index (χ4n) is 2.72. The van der Waals surface area contributed by atoms with Crippen molar-refractivity contribution >= 4 is 5.91 Å². The minimum Gasteiger partial charge on any atom is -0.376 e. The third kappa shape index (κ3) is 3.01. The Hall–Kier alpha value is -1.67. The van der Waals surface area contributed by atoms with Gasteiger partial charge in [-0.2, -0.15) is 5.10 Å². The van der Waals surface area contributed by atoms with E-state index in [1.807, 2.05) is 0 Å². The van der Waals surface area contributed by atoms with Crippen LogP contribution in [0.4, 0.5) is 0 Å². The molecule has 2 aliphatic rings. The first-order valence-electron chi connectivity index (χ1n) is 7.31. The number of H-pyrrole nitrogens is 1. The molecule has 3 heterocycles. The molecule has 21 heavy (non-hydrogen) atoms. The first kappa shape index (κ1) is 14.3. The first-order chi connectivity index (χ1) is 10.1. The number of fused-ring (bicyclic) bond motifs is 1. The van der Waals surface area contributed by atoms with Crippen molar-refractivity contribution in [2.24, 2.45) is 0 Å². The van der Waals surface area contributed by atoms with Gasteiger partial charge in [-0.25, -0.2) is 9.89 Å². The lowest BCUT2D eigenvalue weighted by molar-refractivity contribution is -0.146. The summed E-state index contributed by atoms with van der Waals surface area (Å²) in [4.78, 5) is 25.5. The van der Waals surface area contributed by atoms with Crippen LogP contribution in [0, 0.1) is 0 Å². The summed E-state index contributed by atoms with van der Waals surface area (Å²) >= 11 is 0. The number of hydrogen-bond acceptors (Lipinski definition) is 5. The number of ether oxygens (including phenoxy) is 2. The number of nitrogens with one attached hydrogen (secondary N) is 1. The number of carbonyl (C=O) groups excluding carboxylic acids is 1. The molecule has 8 heteroatoms. The standard InChI is InChI=1S/C13H20N4O4/c1-9(21-8-10-3-2-6-20-10)12(18)16-4-5-17-11(7-16)14-15-13(17)19/h9-10H,2-8H2,1H3,(H,15,19). The molecule has 8 nitrogen and oxygen atoms in total. The Morgan fingerprint density at radius 3 is 3.19 bits per heavy atom. The monoisotopic (exact) mass is 296 g/mol.